The maximum absolute atomic E-state index is 10.8. The van der Waals surface area contributed by atoms with Crippen LogP contribution in [0.3, 0.4) is 0 Å². The van der Waals surface area contributed by atoms with Gasteiger partial charge in [0.2, 0.25) is 0 Å². The molecule has 0 saturated carbocycles. The minimum atomic E-state index is 0.669. The summed E-state index contributed by atoms with van der Waals surface area (Å²) in [6.45, 7) is 3.98. The molecule has 104 valence electrons. The molecular weight excluding hydrogens is 252 g/mol. The lowest BCUT2D eigenvalue weighted by molar-refractivity contribution is 0.112. The van der Waals surface area contributed by atoms with Crippen LogP contribution in [0.4, 0.5) is 0 Å². The van der Waals surface area contributed by atoms with Gasteiger partial charge in [-0.3, -0.25) is 4.79 Å². The van der Waals surface area contributed by atoms with Crippen molar-refractivity contribution in [2.75, 3.05) is 7.11 Å². The van der Waals surface area contributed by atoms with Crippen LogP contribution in [-0.2, 0) is 6.42 Å². The first-order chi connectivity index (χ1) is 9.67. The number of ether oxygens (including phenoxy) is 2. The van der Waals surface area contributed by atoms with Crippen molar-refractivity contribution in [1.82, 2.24) is 0 Å². The summed E-state index contributed by atoms with van der Waals surface area (Å²) in [5.41, 5.74) is 2.76. The largest absolute Gasteiger partial charge is 0.493 e. The van der Waals surface area contributed by atoms with E-state index in [1.54, 1.807) is 19.2 Å². The van der Waals surface area contributed by atoms with Gasteiger partial charge in [-0.1, -0.05) is 13.0 Å². The summed E-state index contributed by atoms with van der Waals surface area (Å²) in [5.74, 6) is 2.07. The second kappa shape index (κ2) is 6.24. The van der Waals surface area contributed by atoms with E-state index in [9.17, 15) is 4.79 Å². The number of hydrogen-bond donors (Lipinski definition) is 0. The maximum atomic E-state index is 10.8. The quantitative estimate of drug-likeness (QED) is 0.765. The van der Waals surface area contributed by atoms with Gasteiger partial charge in [-0.25, -0.2) is 0 Å². The Labute approximate surface area is 119 Å². The number of aldehydes is 1. The molecule has 0 unspecified atom stereocenters. The first kappa shape index (κ1) is 14.1. The number of carbonyl (C=O) groups is 1. The third-order valence-corrected chi connectivity index (χ3v) is 3.23. The van der Waals surface area contributed by atoms with Crippen molar-refractivity contribution in [2.24, 2.45) is 0 Å². The van der Waals surface area contributed by atoms with Crippen LogP contribution >= 0.6 is 0 Å². The molecule has 0 amide bonds. The second-order valence-electron chi connectivity index (χ2n) is 4.58. The molecule has 0 aliphatic heterocycles. The van der Waals surface area contributed by atoms with E-state index in [0.29, 0.717) is 22.8 Å². The summed E-state index contributed by atoms with van der Waals surface area (Å²) in [4.78, 5) is 10.8. The fourth-order valence-corrected chi connectivity index (χ4v) is 1.99. The smallest absolute Gasteiger partial charge is 0.169 e. The molecule has 2 aromatic carbocycles. The maximum Gasteiger partial charge on any atom is 0.169 e. The van der Waals surface area contributed by atoms with Gasteiger partial charge < -0.3 is 9.47 Å². The Morgan fingerprint density at radius 3 is 2.50 bits per heavy atom. The molecule has 0 radical (unpaired) electrons. The Kier molecular flexibility index (Phi) is 4.41. The zero-order valence-corrected chi connectivity index (χ0v) is 12.0. The van der Waals surface area contributed by atoms with Crippen LogP contribution in [0.2, 0.25) is 0 Å². The zero-order chi connectivity index (χ0) is 14.5. The number of aryl methyl sites for hydroxylation is 2. The van der Waals surface area contributed by atoms with Crippen LogP contribution in [0.15, 0.2) is 36.4 Å². The Morgan fingerprint density at radius 2 is 1.90 bits per heavy atom. The van der Waals surface area contributed by atoms with Crippen LogP contribution in [0, 0.1) is 6.92 Å². The van der Waals surface area contributed by atoms with E-state index in [-0.39, 0.29) is 0 Å². The molecule has 20 heavy (non-hydrogen) atoms. The summed E-state index contributed by atoms with van der Waals surface area (Å²) < 4.78 is 11.2. The first-order valence-corrected chi connectivity index (χ1v) is 6.58. The predicted molar refractivity (Wildman–Crippen MR) is 79.0 cm³/mol. The van der Waals surface area contributed by atoms with Gasteiger partial charge in [0.05, 0.1) is 7.11 Å². The zero-order valence-electron chi connectivity index (χ0n) is 12.0. The van der Waals surface area contributed by atoms with Gasteiger partial charge >= 0.3 is 0 Å². The number of carbonyl (C=O) groups excluding carboxylic acids is 1. The lowest BCUT2D eigenvalue weighted by atomic mass is 10.1. The minimum absolute atomic E-state index is 0.669. The van der Waals surface area contributed by atoms with Gasteiger partial charge in [0.25, 0.3) is 0 Å². The molecule has 0 atom stereocenters. The highest BCUT2D eigenvalue weighted by Crippen LogP contribution is 2.33. The van der Waals surface area contributed by atoms with Crippen molar-refractivity contribution in [2.45, 2.75) is 20.3 Å². The first-order valence-electron chi connectivity index (χ1n) is 6.58. The molecule has 2 rings (SSSR count). The molecular formula is C17H18O3. The van der Waals surface area contributed by atoms with Crippen LogP contribution < -0.4 is 9.47 Å². The van der Waals surface area contributed by atoms with E-state index in [1.807, 2.05) is 31.2 Å². The molecule has 0 N–H and O–H groups in total. The van der Waals surface area contributed by atoms with E-state index in [2.05, 4.69) is 6.92 Å². The minimum Gasteiger partial charge on any atom is -0.493 e. The molecule has 0 saturated heterocycles. The highest BCUT2D eigenvalue weighted by atomic mass is 16.5. The molecule has 0 bridgehead atoms. The lowest BCUT2D eigenvalue weighted by Crippen LogP contribution is -1.93. The summed E-state index contributed by atoms with van der Waals surface area (Å²) in [7, 11) is 1.63. The molecule has 2 aromatic rings. The molecule has 3 nitrogen and oxygen atoms in total. The van der Waals surface area contributed by atoms with Crippen LogP contribution in [-0.4, -0.2) is 13.4 Å². The summed E-state index contributed by atoms with van der Waals surface area (Å²) in [5, 5.41) is 0. The summed E-state index contributed by atoms with van der Waals surface area (Å²) in [6, 6.07) is 11.3. The van der Waals surface area contributed by atoms with Gasteiger partial charge in [0, 0.05) is 5.56 Å². The van der Waals surface area contributed by atoms with E-state index in [4.69, 9.17) is 9.47 Å². The molecule has 0 aliphatic rings. The predicted octanol–water partition coefficient (Wildman–Crippen LogP) is 4.17. The Balaban J connectivity index is 2.29. The number of rotatable bonds is 5. The van der Waals surface area contributed by atoms with Gasteiger partial charge in [-0.05, 0) is 54.8 Å². The van der Waals surface area contributed by atoms with Gasteiger partial charge in [0.1, 0.15) is 12.0 Å². The van der Waals surface area contributed by atoms with Crippen molar-refractivity contribution in [3.05, 3.63) is 53.1 Å². The van der Waals surface area contributed by atoms with Crippen LogP contribution in [0.5, 0.6) is 17.2 Å². The molecule has 0 aromatic heterocycles. The second-order valence-corrected chi connectivity index (χ2v) is 4.58. The van der Waals surface area contributed by atoms with Gasteiger partial charge in [0.15, 0.2) is 11.5 Å². The fourth-order valence-electron chi connectivity index (χ4n) is 1.99. The third kappa shape index (κ3) is 2.99. The highest BCUT2D eigenvalue weighted by molar-refractivity contribution is 5.77. The topological polar surface area (TPSA) is 35.5 Å². The van der Waals surface area contributed by atoms with Crippen molar-refractivity contribution >= 4 is 6.29 Å². The molecule has 0 aliphatic carbocycles. The van der Waals surface area contributed by atoms with E-state index < -0.39 is 0 Å². The van der Waals surface area contributed by atoms with Crippen LogP contribution in [0.1, 0.15) is 28.4 Å². The Morgan fingerprint density at radius 1 is 1.10 bits per heavy atom. The van der Waals surface area contributed by atoms with Crippen molar-refractivity contribution < 1.29 is 14.3 Å². The van der Waals surface area contributed by atoms with Crippen molar-refractivity contribution in [3.63, 3.8) is 0 Å². The van der Waals surface area contributed by atoms with Crippen molar-refractivity contribution in [3.8, 4) is 17.2 Å². The third-order valence-electron chi connectivity index (χ3n) is 3.23. The van der Waals surface area contributed by atoms with Crippen LogP contribution in [0.25, 0.3) is 0 Å². The molecule has 3 heteroatoms. The molecule has 0 fully saturated rings. The fraction of sp³-hybridized carbons (Fsp3) is 0.235. The number of methoxy groups -OCH3 is 1. The Hall–Kier alpha value is -2.29. The molecule has 0 heterocycles. The monoisotopic (exact) mass is 270 g/mol. The standard InChI is InChI=1S/C17H18O3/c1-4-13-5-8-16(17(10-13)19-3)20-15-7-6-14(11-18)12(2)9-15/h5-11H,4H2,1-3H3. The van der Waals surface area contributed by atoms with E-state index >= 15 is 0 Å². The number of hydrogen-bond acceptors (Lipinski definition) is 3. The van der Waals surface area contributed by atoms with Crippen molar-refractivity contribution in [1.29, 1.82) is 0 Å². The summed E-state index contributed by atoms with van der Waals surface area (Å²) in [6.07, 6.45) is 1.79. The molecule has 0 spiro atoms. The van der Waals surface area contributed by atoms with E-state index in [1.165, 1.54) is 5.56 Å². The Bertz CT molecular complexity index is 618. The number of benzene rings is 2. The summed E-state index contributed by atoms with van der Waals surface area (Å²) >= 11 is 0. The van der Waals surface area contributed by atoms with Gasteiger partial charge in [-0.15, -0.1) is 0 Å². The average Bonchev–Trinajstić information content (AvgIpc) is 2.48. The lowest BCUT2D eigenvalue weighted by Gasteiger charge is -2.12. The van der Waals surface area contributed by atoms with E-state index in [0.717, 1.165) is 18.3 Å². The average molecular weight is 270 g/mol. The highest BCUT2D eigenvalue weighted by Gasteiger charge is 2.07. The normalized spacial score (nSPS) is 10.2. The van der Waals surface area contributed by atoms with Gasteiger partial charge in [-0.2, -0.15) is 0 Å². The SMILES string of the molecule is CCc1ccc(Oc2ccc(C=O)c(C)c2)c(OC)c1.